The van der Waals surface area contributed by atoms with Gasteiger partial charge < -0.3 is 4.57 Å². The molecule has 1 atom stereocenters. The fourth-order valence-corrected chi connectivity index (χ4v) is 2.69. The summed E-state index contributed by atoms with van der Waals surface area (Å²) in [5.74, 6) is 1.97. The minimum atomic E-state index is 0.754. The minimum Gasteiger partial charge on any atom is -0.338 e. The maximum atomic E-state index is 4.42. The van der Waals surface area contributed by atoms with E-state index in [1.54, 1.807) is 0 Å². The zero-order chi connectivity index (χ0) is 12.3. The molecule has 1 aliphatic rings. The molecule has 2 heterocycles. The summed E-state index contributed by atoms with van der Waals surface area (Å²) in [5, 5.41) is 0. The molecule has 1 aliphatic heterocycles. The number of aromatic nitrogens is 2. The van der Waals surface area contributed by atoms with Crippen LogP contribution >= 0.6 is 0 Å². The van der Waals surface area contributed by atoms with Crippen LogP contribution in [-0.2, 0) is 13.5 Å². The second kappa shape index (κ2) is 5.50. The van der Waals surface area contributed by atoms with Crippen LogP contribution in [0.1, 0.15) is 25.6 Å². The summed E-state index contributed by atoms with van der Waals surface area (Å²) in [6.07, 6.45) is 7.67. The molecule has 0 N–H and O–H groups in total. The Bertz CT molecular complexity index is 381. The first-order valence-corrected chi connectivity index (χ1v) is 6.48. The summed E-state index contributed by atoms with van der Waals surface area (Å²) >= 11 is 0. The van der Waals surface area contributed by atoms with Crippen LogP contribution in [0, 0.1) is 5.92 Å². The van der Waals surface area contributed by atoms with Crippen molar-refractivity contribution in [2.24, 2.45) is 13.0 Å². The van der Waals surface area contributed by atoms with Crippen LogP contribution in [0.5, 0.6) is 0 Å². The Morgan fingerprint density at radius 2 is 2.41 bits per heavy atom. The number of aryl methyl sites for hydroxylation is 1. The number of imidazole rings is 1. The third kappa shape index (κ3) is 3.43. The standard InChI is InChI=1S/C14H23N3/c1-12(2)10-17-7-4-5-13(11-17)9-14-15-6-8-16(14)3/h6,8,13H,1,4-5,7,9-11H2,2-3H3/t13-/m1/s1. The molecule has 0 aliphatic carbocycles. The lowest BCUT2D eigenvalue weighted by atomic mass is 9.94. The number of hydrogen-bond donors (Lipinski definition) is 0. The Kier molecular flexibility index (Phi) is 4.00. The largest absolute Gasteiger partial charge is 0.338 e. The second-order valence-electron chi connectivity index (χ2n) is 5.36. The highest BCUT2D eigenvalue weighted by Crippen LogP contribution is 2.20. The number of rotatable bonds is 4. The lowest BCUT2D eigenvalue weighted by molar-refractivity contribution is 0.185. The van der Waals surface area contributed by atoms with Gasteiger partial charge in [-0.15, -0.1) is 0 Å². The van der Waals surface area contributed by atoms with E-state index < -0.39 is 0 Å². The van der Waals surface area contributed by atoms with Gasteiger partial charge in [-0.2, -0.15) is 0 Å². The van der Waals surface area contributed by atoms with Crippen molar-refractivity contribution in [3.8, 4) is 0 Å². The SMILES string of the molecule is C=C(C)CN1CCC[C@H](Cc2nccn2C)C1. The predicted octanol–water partition coefficient (Wildman–Crippen LogP) is 2.25. The van der Waals surface area contributed by atoms with Gasteiger partial charge >= 0.3 is 0 Å². The van der Waals surface area contributed by atoms with Gasteiger partial charge in [0.2, 0.25) is 0 Å². The first-order chi connectivity index (χ1) is 8.15. The highest BCUT2D eigenvalue weighted by molar-refractivity contribution is 4.96. The Morgan fingerprint density at radius 3 is 3.06 bits per heavy atom. The van der Waals surface area contributed by atoms with Gasteiger partial charge in [0.15, 0.2) is 0 Å². The van der Waals surface area contributed by atoms with Crippen molar-refractivity contribution in [1.29, 1.82) is 0 Å². The zero-order valence-electron chi connectivity index (χ0n) is 11.0. The van der Waals surface area contributed by atoms with Crippen molar-refractivity contribution in [1.82, 2.24) is 14.5 Å². The molecular weight excluding hydrogens is 210 g/mol. The first kappa shape index (κ1) is 12.4. The van der Waals surface area contributed by atoms with Gasteiger partial charge in [0.25, 0.3) is 0 Å². The van der Waals surface area contributed by atoms with Crippen LogP contribution in [0.4, 0.5) is 0 Å². The average Bonchev–Trinajstić information content (AvgIpc) is 2.64. The van der Waals surface area contributed by atoms with Crippen LogP contribution in [-0.4, -0.2) is 34.1 Å². The highest BCUT2D eigenvalue weighted by atomic mass is 15.1. The van der Waals surface area contributed by atoms with Crippen molar-refractivity contribution in [3.05, 3.63) is 30.4 Å². The normalized spacial score (nSPS) is 21.6. The van der Waals surface area contributed by atoms with E-state index in [2.05, 4.69) is 35.0 Å². The quantitative estimate of drug-likeness (QED) is 0.744. The zero-order valence-corrected chi connectivity index (χ0v) is 11.0. The van der Waals surface area contributed by atoms with E-state index in [9.17, 15) is 0 Å². The summed E-state index contributed by atoms with van der Waals surface area (Å²) < 4.78 is 2.14. The van der Waals surface area contributed by atoms with Crippen LogP contribution in [0.2, 0.25) is 0 Å². The molecule has 0 bridgehead atoms. The third-order valence-electron chi connectivity index (χ3n) is 3.49. The van der Waals surface area contributed by atoms with Crippen molar-refractivity contribution in [3.63, 3.8) is 0 Å². The maximum absolute atomic E-state index is 4.42. The molecule has 17 heavy (non-hydrogen) atoms. The van der Waals surface area contributed by atoms with Crippen LogP contribution in [0.25, 0.3) is 0 Å². The molecule has 3 heteroatoms. The van der Waals surface area contributed by atoms with Gasteiger partial charge in [0.1, 0.15) is 5.82 Å². The predicted molar refractivity (Wildman–Crippen MR) is 70.9 cm³/mol. The average molecular weight is 233 g/mol. The summed E-state index contributed by atoms with van der Waals surface area (Å²) in [6.45, 7) is 9.59. The summed E-state index contributed by atoms with van der Waals surface area (Å²) in [7, 11) is 2.08. The van der Waals surface area contributed by atoms with Crippen LogP contribution < -0.4 is 0 Å². The molecule has 1 aromatic rings. The van der Waals surface area contributed by atoms with E-state index in [1.165, 1.54) is 37.3 Å². The summed E-state index contributed by atoms with van der Waals surface area (Å²) in [4.78, 5) is 6.95. The summed E-state index contributed by atoms with van der Waals surface area (Å²) in [6, 6.07) is 0. The molecular formula is C14H23N3. The topological polar surface area (TPSA) is 21.1 Å². The number of likely N-dealkylation sites (tertiary alicyclic amines) is 1. The minimum absolute atomic E-state index is 0.754. The molecule has 3 nitrogen and oxygen atoms in total. The van der Waals surface area contributed by atoms with E-state index in [1.807, 2.05) is 12.4 Å². The van der Waals surface area contributed by atoms with Crippen molar-refractivity contribution < 1.29 is 0 Å². The Hall–Kier alpha value is -1.09. The molecule has 1 fully saturated rings. The number of nitrogens with zero attached hydrogens (tertiary/aromatic N) is 3. The number of piperidine rings is 1. The molecule has 0 saturated carbocycles. The molecule has 1 saturated heterocycles. The Balaban J connectivity index is 1.89. The van der Waals surface area contributed by atoms with Gasteiger partial charge in [-0.3, -0.25) is 4.90 Å². The van der Waals surface area contributed by atoms with Gasteiger partial charge in [-0.1, -0.05) is 12.2 Å². The molecule has 0 radical (unpaired) electrons. The number of hydrogen-bond acceptors (Lipinski definition) is 2. The molecule has 0 aromatic carbocycles. The van der Waals surface area contributed by atoms with E-state index >= 15 is 0 Å². The van der Waals surface area contributed by atoms with Gasteiger partial charge in [-0.25, -0.2) is 4.98 Å². The Labute approximate surface area is 104 Å². The van der Waals surface area contributed by atoms with Crippen molar-refractivity contribution >= 4 is 0 Å². The first-order valence-electron chi connectivity index (χ1n) is 6.48. The van der Waals surface area contributed by atoms with Crippen molar-refractivity contribution in [2.45, 2.75) is 26.2 Å². The van der Waals surface area contributed by atoms with E-state index in [0.717, 1.165) is 18.9 Å². The smallest absolute Gasteiger partial charge is 0.108 e. The summed E-state index contributed by atoms with van der Waals surface area (Å²) in [5.41, 5.74) is 1.27. The van der Waals surface area contributed by atoms with Crippen LogP contribution in [0.3, 0.4) is 0 Å². The van der Waals surface area contributed by atoms with Gasteiger partial charge in [0.05, 0.1) is 0 Å². The third-order valence-corrected chi connectivity index (χ3v) is 3.49. The lowest BCUT2D eigenvalue weighted by Crippen LogP contribution is -2.37. The van der Waals surface area contributed by atoms with Gasteiger partial charge in [-0.05, 0) is 32.2 Å². The maximum Gasteiger partial charge on any atom is 0.108 e. The van der Waals surface area contributed by atoms with Crippen molar-refractivity contribution in [2.75, 3.05) is 19.6 Å². The molecule has 0 unspecified atom stereocenters. The lowest BCUT2D eigenvalue weighted by Gasteiger charge is -2.32. The molecule has 0 amide bonds. The van der Waals surface area contributed by atoms with Gasteiger partial charge in [0, 0.05) is 39.0 Å². The van der Waals surface area contributed by atoms with Crippen LogP contribution in [0.15, 0.2) is 24.5 Å². The highest BCUT2D eigenvalue weighted by Gasteiger charge is 2.21. The molecule has 2 rings (SSSR count). The van der Waals surface area contributed by atoms with E-state index in [0.29, 0.717) is 0 Å². The fourth-order valence-electron chi connectivity index (χ4n) is 2.69. The van der Waals surface area contributed by atoms with E-state index in [-0.39, 0.29) is 0 Å². The second-order valence-corrected chi connectivity index (χ2v) is 5.36. The molecule has 0 spiro atoms. The Morgan fingerprint density at radius 1 is 1.59 bits per heavy atom. The molecule has 94 valence electrons. The fraction of sp³-hybridized carbons (Fsp3) is 0.643. The van der Waals surface area contributed by atoms with E-state index in [4.69, 9.17) is 0 Å². The molecule has 1 aromatic heterocycles. The monoisotopic (exact) mass is 233 g/mol.